The van der Waals surface area contributed by atoms with Crippen LogP contribution in [0, 0.1) is 15.5 Å². The maximum absolute atomic E-state index is 12.4. The van der Waals surface area contributed by atoms with Crippen LogP contribution in [-0.2, 0) is 19.1 Å². The molecule has 1 heterocycles. The molecule has 0 saturated carbocycles. The van der Waals surface area contributed by atoms with E-state index in [0.29, 0.717) is 0 Å². The maximum Gasteiger partial charge on any atom is 0.334 e. The van der Waals surface area contributed by atoms with E-state index in [9.17, 15) is 34.7 Å². The van der Waals surface area contributed by atoms with Crippen LogP contribution in [0.25, 0.3) is 0 Å². The number of alkyl halides is 1. The highest BCUT2D eigenvalue weighted by molar-refractivity contribution is 9.09. The highest BCUT2D eigenvalue weighted by atomic mass is 79.9. The zero-order chi connectivity index (χ0) is 25.2. The molecule has 0 aromatic heterocycles. The molecule has 178 valence electrons. The Hall–Kier alpha value is -3.21. The summed E-state index contributed by atoms with van der Waals surface area (Å²) in [6, 6.07) is 5.21. The molecule has 0 amide bonds. The van der Waals surface area contributed by atoms with Crippen LogP contribution >= 0.6 is 15.9 Å². The van der Waals surface area contributed by atoms with Crippen molar-refractivity contribution < 1.29 is 34.3 Å². The lowest BCUT2D eigenvalue weighted by Crippen LogP contribution is -2.43. The third-order valence-electron chi connectivity index (χ3n) is 5.19. The van der Waals surface area contributed by atoms with Crippen LogP contribution in [0.15, 0.2) is 46.8 Å². The molecule has 33 heavy (non-hydrogen) atoms. The predicted octanol–water partition coefficient (Wildman–Crippen LogP) is 4.02. The molecule has 1 aliphatic rings. The Bertz CT molecular complexity index is 1070. The maximum atomic E-state index is 12.4. The number of nitro groups is 1. The summed E-state index contributed by atoms with van der Waals surface area (Å²) in [7, 11) is 0. The minimum atomic E-state index is -1.40. The number of benzene rings is 1. The van der Waals surface area contributed by atoms with E-state index in [-0.39, 0.29) is 39.1 Å². The van der Waals surface area contributed by atoms with Crippen molar-refractivity contribution in [3.8, 4) is 0 Å². The summed E-state index contributed by atoms with van der Waals surface area (Å²) in [5.74, 6) is -4.62. The van der Waals surface area contributed by atoms with Crippen molar-refractivity contribution in [2.75, 3.05) is 5.33 Å². The van der Waals surface area contributed by atoms with E-state index < -0.39 is 40.4 Å². The van der Waals surface area contributed by atoms with Gasteiger partial charge in [0.1, 0.15) is 0 Å². The van der Waals surface area contributed by atoms with Gasteiger partial charge in [-0.3, -0.25) is 14.9 Å². The monoisotopic (exact) mass is 524 g/mol. The van der Waals surface area contributed by atoms with Gasteiger partial charge in [0.2, 0.25) is 0 Å². The fraction of sp³-hybridized carbons (Fsp3) is 0.409. The van der Waals surface area contributed by atoms with Gasteiger partial charge in [0.05, 0.1) is 27.4 Å². The van der Waals surface area contributed by atoms with Crippen molar-refractivity contribution in [1.29, 1.82) is 0 Å². The number of carbonyl (C=O) groups is 3. The number of carboxylic acids is 2. The zero-order valence-corrected chi connectivity index (χ0v) is 20.4. The van der Waals surface area contributed by atoms with Crippen LogP contribution in [0.1, 0.15) is 46.1 Å². The molecule has 2 N–H and O–H groups in total. The van der Waals surface area contributed by atoms with E-state index in [0.717, 1.165) is 6.07 Å². The fourth-order valence-corrected chi connectivity index (χ4v) is 4.24. The Labute approximate surface area is 198 Å². The lowest BCUT2D eigenvalue weighted by Gasteiger charge is -2.41. The van der Waals surface area contributed by atoms with Gasteiger partial charge in [-0.05, 0) is 40.2 Å². The number of ether oxygens (including phenoxy) is 1. The summed E-state index contributed by atoms with van der Waals surface area (Å²) in [6.45, 7) is 7.97. The number of carboxylic acid groups (broad SMARTS) is 2. The smallest absolute Gasteiger partial charge is 0.334 e. The minimum Gasteiger partial charge on any atom is -0.478 e. The van der Waals surface area contributed by atoms with Crippen LogP contribution in [0.5, 0.6) is 0 Å². The van der Waals surface area contributed by atoms with Crippen molar-refractivity contribution in [2.45, 2.75) is 46.8 Å². The molecule has 0 spiro atoms. The first-order chi connectivity index (χ1) is 15.2. The number of hydrogen-bond acceptors (Lipinski definition) is 7. The topological polar surface area (TPSA) is 147 Å². The van der Waals surface area contributed by atoms with Crippen LogP contribution in [0.3, 0.4) is 0 Å². The normalized spacial score (nSPS) is 17.6. The quantitative estimate of drug-likeness (QED) is 0.233. The van der Waals surface area contributed by atoms with Gasteiger partial charge in [-0.2, -0.15) is 0 Å². The van der Waals surface area contributed by atoms with E-state index >= 15 is 0 Å². The lowest BCUT2D eigenvalue weighted by atomic mass is 9.79. The summed E-state index contributed by atoms with van der Waals surface area (Å²) < 4.78 is 5.53. The van der Waals surface area contributed by atoms with Gasteiger partial charge >= 0.3 is 17.9 Å². The average Bonchev–Trinajstić information content (AvgIpc) is 2.71. The van der Waals surface area contributed by atoms with E-state index in [4.69, 9.17) is 4.74 Å². The summed E-state index contributed by atoms with van der Waals surface area (Å²) in [5.41, 5.74) is -1.21. The van der Waals surface area contributed by atoms with Gasteiger partial charge in [0.25, 0.3) is 5.69 Å². The molecule has 0 bridgehead atoms. The summed E-state index contributed by atoms with van der Waals surface area (Å²) >= 11 is 3.27. The molecule has 1 aliphatic heterocycles. The first-order valence-corrected chi connectivity index (χ1v) is 11.1. The number of allylic oxidation sites excluding steroid dienone is 2. The molecular weight excluding hydrogens is 500 g/mol. The lowest BCUT2D eigenvalue weighted by molar-refractivity contribution is -0.384. The number of hydrogen-bond donors (Lipinski definition) is 2. The van der Waals surface area contributed by atoms with Gasteiger partial charge in [-0.1, -0.05) is 28.1 Å². The van der Waals surface area contributed by atoms with Crippen LogP contribution in [0.2, 0.25) is 0 Å². The van der Waals surface area contributed by atoms with Gasteiger partial charge in [0.15, 0.2) is 6.23 Å². The second-order valence-electron chi connectivity index (χ2n) is 8.51. The molecule has 0 radical (unpaired) electrons. The molecule has 1 aromatic carbocycles. The van der Waals surface area contributed by atoms with Crippen molar-refractivity contribution in [2.24, 2.45) is 5.41 Å². The second kappa shape index (κ2) is 9.74. The van der Waals surface area contributed by atoms with Crippen molar-refractivity contribution in [1.82, 2.24) is 4.90 Å². The third kappa shape index (κ3) is 5.24. The van der Waals surface area contributed by atoms with Gasteiger partial charge in [-0.15, -0.1) is 0 Å². The SMILES string of the molecule is CC1=C(C(=O)O)C(c2cccc([N+](=O)[O-])c2)C(C(=O)O)=C(CBr)N1C(C)OC(=O)C(C)(C)C. The van der Waals surface area contributed by atoms with Crippen LogP contribution in [-0.4, -0.2) is 49.5 Å². The first-order valence-electron chi connectivity index (χ1n) is 9.93. The summed E-state index contributed by atoms with van der Waals surface area (Å²) in [4.78, 5) is 49.1. The van der Waals surface area contributed by atoms with Crippen molar-refractivity contribution >= 4 is 39.5 Å². The Balaban J connectivity index is 2.78. The van der Waals surface area contributed by atoms with Crippen LogP contribution < -0.4 is 0 Å². The average molecular weight is 525 g/mol. The molecule has 0 saturated heterocycles. The molecule has 2 unspecified atom stereocenters. The number of nitro benzene ring substituents is 1. The molecule has 0 aliphatic carbocycles. The number of halogens is 1. The standard InChI is InChI=1S/C22H25BrN2O8/c1-11-16(19(26)27)17(13-7-6-8-14(9-13)25(31)32)18(20(28)29)15(10-23)24(11)12(2)33-21(30)22(3,4)5/h6-9,12,17H,10H2,1-5H3,(H,26,27)(H,28,29). The molecule has 2 rings (SSSR count). The summed E-state index contributed by atoms with van der Waals surface area (Å²) in [5, 5.41) is 31.4. The first kappa shape index (κ1) is 26.0. The number of rotatable bonds is 7. The molecule has 1 aromatic rings. The fourth-order valence-electron chi connectivity index (χ4n) is 3.67. The molecule has 11 heteroatoms. The Kier molecular flexibility index (Phi) is 7.68. The Morgan fingerprint density at radius 3 is 2.24 bits per heavy atom. The van der Waals surface area contributed by atoms with Crippen molar-refractivity contribution in [3.05, 3.63) is 62.5 Å². The highest BCUT2D eigenvalue weighted by Gasteiger charge is 2.43. The molecular formula is C22H25BrN2O8. The van der Waals surface area contributed by atoms with Crippen LogP contribution in [0.4, 0.5) is 5.69 Å². The predicted molar refractivity (Wildman–Crippen MR) is 121 cm³/mol. The number of non-ortho nitro benzene ring substituents is 1. The third-order valence-corrected chi connectivity index (χ3v) is 5.72. The van der Waals surface area contributed by atoms with E-state index in [1.54, 1.807) is 20.8 Å². The largest absolute Gasteiger partial charge is 0.478 e. The minimum absolute atomic E-state index is 0.00169. The Morgan fingerprint density at radius 2 is 1.79 bits per heavy atom. The van der Waals surface area contributed by atoms with Gasteiger partial charge in [0, 0.05) is 28.9 Å². The van der Waals surface area contributed by atoms with E-state index in [2.05, 4.69) is 15.9 Å². The van der Waals surface area contributed by atoms with E-state index in [1.807, 2.05) is 0 Å². The molecule has 10 nitrogen and oxygen atoms in total. The highest BCUT2D eigenvalue weighted by Crippen LogP contribution is 2.44. The number of carbonyl (C=O) groups excluding carboxylic acids is 1. The Morgan fingerprint density at radius 1 is 1.21 bits per heavy atom. The summed E-state index contributed by atoms with van der Waals surface area (Å²) in [6.07, 6.45) is -1.01. The number of nitrogens with zero attached hydrogens (tertiary/aromatic N) is 2. The number of esters is 1. The number of aliphatic carboxylic acids is 2. The van der Waals surface area contributed by atoms with Crippen molar-refractivity contribution in [3.63, 3.8) is 0 Å². The van der Waals surface area contributed by atoms with Gasteiger partial charge < -0.3 is 19.8 Å². The van der Waals surface area contributed by atoms with Gasteiger partial charge in [-0.25, -0.2) is 9.59 Å². The molecule has 2 atom stereocenters. The molecule has 0 fully saturated rings. The zero-order valence-electron chi connectivity index (χ0n) is 18.8. The van der Waals surface area contributed by atoms with E-state index in [1.165, 1.54) is 36.9 Å². The second-order valence-corrected chi connectivity index (χ2v) is 9.07.